The van der Waals surface area contributed by atoms with Crippen molar-refractivity contribution in [3.05, 3.63) is 71.5 Å². The van der Waals surface area contributed by atoms with Crippen LogP contribution < -0.4 is 5.32 Å². The predicted molar refractivity (Wildman–Crippen MR) is 115 cm³/mol. The van der Waals surface area contributed by atoms with Crippen LogP contribution in [0.4, 0.5) is 0 Å². The lowest BCUT2D eigenvalue weighted by Gasteiger charge is -2.24. The normalized spacial score (nSPS) is 18.6. The molecule has 3 N–H and O–H groups in total. The van der Waals surface area contributed by atoms with E-state index in [-0.39, 0.29) is 24.5 Å². The minimum absolute atomic E-state index is 0.0338. The number of imide groups is 1. The van der Waals surface area contributed by atoms with Gasteiger partial charge >= 0.3 is 0 Å². The first-order chi connectivity index (χ1) is 14.7. The maximum absolute atomic E-state index is 13.0. The predicted octanol–water partition coefficient (Wildman–Crippen LogP) is 3.17. The minimum atomic E-state index is -0.385. The van der Waals surface area contributed by atoms with Crippen molar-refractivity contribution in [2.75, 3.05) is 6.61 Å². The highest BCUT2D eigenvalue weighted by atomic mass is 16.3. The summed E-state index contributed by atoms with van der Waals surface area (Å²) in [7, 11) is 0. The van der Waals surface area contributed by atoms with Gasteiger partial charge in [0.1, 0.15) is 0 Å². The number of benzene rings is 2. The van der Waals surface area contributed by atoms with Crippen molar-refractivity contribution in [2.45, 2.75) is 18.9 Å². The van der Waals surface area contributed by atoms with Crippen molar-refractivity contribution in [2.24, 2.45) is 0 Å². The zero-order valence-corrected chi connectivity index (χ0v) is 16.1. The van der Waals surface area contributed by atoms with Gasteiger partial charge in [-0.1, -0.05) is 36.4 Å². The summed E-state index contributed by atoms with van der Waals surface area (Å²) in [6.45, 7) is 0.0387. The van der Waals surface area contributed by atoms with Crippen LogP contribution in [0.3, 0.4) is 0 Å². The second-order valence-electron chi connectivity index (χ2n) is 7.92. The minimum Gasteiger partial charge on any atom is -0.394 e. The monoisotopic (exact) mass is 397 g/mol. The summed E-state index contributed by atoms with van der Waals surface area (Å²) in [6.07, 6.45) is 5.44. The van der Waals surface area contributed by atoms with Crippen LogP contribution in [0.2, 0.25) is 0 Å². The van der Waals surface area contributed by atoms with Crippen molar-refractivity contribution < 1.29 is 14.7 Å². The molecule has 0 saturated carbocycles. The van der Waals surface area contributed by atoms with Crippen LogP contribution >= 0.6 is 0 Å². The molecule has 6 nitrogen and oxygen atoms in total. The second kappa shape index (κ2) is 6.18. The van der Waals surface area contributed by atoms with Crippen LogP contribution in [0.5, 0.6) is 0 Å². The lowest BCUT2D eigenvalue weighted by molar-refractivity contribution is -0.122. The lowest BCUT2D eigenvalue weighted by Crippen LogP contribution is -2.22. The van der Waals surface area contributed by atoms with Crippen molar-refractivity contribution in [1.82, 2.24) is 14.9 Å². The molecule has 148 valence electrons. The third kappa shape index (κ3) is 2.22. The van der Waals surface area contributed by atoms with E-state index in [2.05, 4.69) is 20.9 Å². The number of carbonyl (C=O) groups excluding carboxylic acids is 2. The summed E-state index contributed by atoms with van der Waals surface area (Å²) in [5.41, 5.74) is 5.38. The molecule has 0 bridgehead atoms. The topological polar surface area (TPSA) is 87.1 Å². The number of nitrogens with one attached hydrogen (secondary N) is 2. The second-order valence-corrected chi connectivity index (χ2v) is 7.92. The summed E-state index contributed by atoms with van der Waals surface area (Å²) in [5, 5.41) is 14.2. The molecule has 0 fully saturated rings. The van der Waals surface area contributed by atoms with E-state index in [1.165, 1.54) is 5.56 Å². The molecule has 0 saturated heterocycles. The Hall–Kier alpha value is -3.64. The number of H-pyrrole nitrogens is 1. The molecule has 30 heavy (non-hydrogen) atoms. The highest BCUT2D eigenvalue weighted by molar-refractivity contribution is 6.50. The van der Waals surface area contributed by atoms with Gasteiger partial charge in [-0.2, -0.15) is 0 Å². The van der Waals surface area contributed by atoms with Crippen molar-refractivity contribution >= 4 is 44.8 Å². The molecule has 0 radical (unpaired) electrons. The van der Waals surface area contributed by atoms with Gasteiger partial charge in [-0.3, -0.25) is 14.9 Å². The molecule has 1 unspecified atom stereocenters. The first-order valence-electron chi connectivity index (χ1n) is 10.1. The molecule has 4 heterocycles. The molecule has 6 heteroatoms. The van der Waals surface area contributed by atoms with E-state index in [1.807, 2.05) is 42.6 Å². The van der Waals surface area contributed by atoms with Crippen molar-refractivity contribution in [1.29, 1.82) is 0 Å². The smallest absolute Gasteiger partial charge is 0.259 e. The standard InChI is InChI=1S/C24H19N3O3/c28-12-14-9-8-13-4-3-6-16-18(11-27(14)22(13)16)21-20(23(29)26-24(21)30)17-10-25-19-7-2-1-5-15(17)19/h1-7,10-11,14,25,28H,8-9,12H2,(H,26,29,30). The number of aliphatic hydroxyl groups excluding tert-OH is 1. The summed E-state index contributed by atoms with van der Waals surface area (Å²) in [5.74, 6) is -0.769. The Balaban J connectivity index is 1.68. The molecular formula is C24H19N3O3. The maximum atomic E-state index is 13.0. The van der Waals surface area contributed by atoms with E-state index in [9.17, 15) is 14.7 Å². The van der Waals surface area contributed by atoms with E-state index < -0.39 is 0 Å². The van der Waals surface area contributed by atoms with Gasteiger partial charge in [-0.25, -0.2) is 0 Å². The maximum Gasteiger partial charge on any atom is 0.259 e. The van der Waals surface area contributed by atoms with Crippen molar-refractivity contribution in [3.8, 4) is 0 Å². The lowest BCUT2D eigenvalue weighted by atomic mass is 9.94. The molecule has 2 aromatic carbocycles. The molecule has 2 aromatic heterocycles. The number of aliphatic hydroxyl groups is 1. The van der Waals surface area contributed by atoms with Gasteiger partial charge in [-0.15, -0.1) is 0 Å². The van der Waals surface area contributed by atoms with Crippen LogP contribution in [-0.4, -0.2) is 33.1 Å². The van der Waals surface area contributed by atoms with Crippen LogP contribution in [-0.2, 0) is 16.0 Å². The van der Waals surface area contributed by atoms with Gasteiger partial charge in [0.25, 0.3) is 11.8 Å². The number of rotatable bonds is 3. The number of aromatic nitrogens is 2. The first kappa shape index (κ1) is 17.2. The SMILES string of the molecule is O=C1NC(=O)C(c2cn3c4c(cccc24)CCC3CO)=C1c1c[nH]c2ccccc12. The van der Waals surface area contributed by atoms with Gasteiger partial charge < -0.3 is 14.7 Å². The number of hydrogen-bond acceptors (Lipinski definition) is 3. The van der Waals surface area contributed by atoms with Gasteiger partial charge in [0.15, 0.2) is 0 Å². The van der Waals surface area contributed by atoms with Crippen molar-refractivity contribution in [3.63, 3.8) is 0 Å². The van der Waals surface area contributed by atoms with Crippen LogP contribution in [0.1, 0.15) is 29.2 Å². The quantitative estimate of drug-likeness (QED) is 0.464. The molecule has 0 spiro atoms. The zero-order chi connectivity index (χ0) is 20.4. The fourth-order valence-corrected chi connectivity index (χ4v) is 4.96. The molecule has 4 aromatic rings. The van der Waals surface area contributed by atoms with Crippen LogP contribution in [0, 0.1) is 0 Å². The Morgan fingerprint density at radius 1 is 0.967 bits per heavy atom. The highest BCUT2D eigenvalue weighted by Crippen LogP contribution is 2.41. The number of aromatic amines is 1. The zero-order valence-electron chi connectivity index (χ0n) is 16.1. The third-order valence-corrected chi connectivity index (χ3v) is 6.35. The Morgan fingerprint density at radius 3 is 2.57 bits per heavy atom. The van der Waals surface area contributed by atoms with E-state index in [1.54, 1.807) is 6.20 Å². The first-order valence-corrected chi connectivity index (χ1v) is 10.1. The van der Waals surface area contributed by atoms with E-state index in [0.717, 1.165) is 45.8 Å². The van der Waals surface area contributed by atoms with E-state index in [4.69, 9.17) is 0 Å². The summed E-state index contributed by atoms with van der Waals surface area (Å²) < 4.78 is 2.07. The Bertz CT molecular complexity index is 1410. The number of carbonyl (C=O) groups is 2. The van der Waals surface area contributed by atoms with Crippen LogP contribution in [0.15, 0.2) is 54.9 Å². The fourth-order valence-electron chi connectivity index (χ4n) is 4.96. The Morgan fingerprint density at radius 2 is 1.73 bits per heavy atom. The Labute approximate surface area is 171 Å². The van der Waals surface area contributed by atoms with Gasteiger partial charge in [0.05, 0.1) is 29.3 Å². The fraction of sp³-hybridized carbons (Fsp3) is 0.167. The molecule has 2 aliphatic heterocycles. The molecule has 0 aliphatic carbocycles. The summed E-state index contributed by atoms with van der Waals surface area (Å²) in [6, 6.07) is 13.8. The number of amides is 2. The number of para-hydroxylation sites is 2. The number of hydrogen-bond donors (Lipinski definition) is 3. The molecule has 1 atom stereocenters. The highest BCUT2D eigenvalue weighted by Gasteiger charge is 2.36. The summed E-state index contributed by atoms with van der Waals surface area (Å²) in [4.78, 5) is 29.0. The van der Waals surface area contributed by atoms with E-state index in [0.29, 0.717) is 11.1 Å². The number of fused-ring (bicyclic) bond motifs is 1. The largest absolute Gasteiger partial charge is 0.394 e. The molecule has 6 rings (SSSR count). The average molecular weight is 397 g/mol. The van der Waals surface area contributed by atoms with Gasteiger partial charge in [-0.05, 0) is 24.5 Å². The average Bonchev–Trinajstić information content (AvgIpc) is 3.43. The number of nitrogens with zero attached hydrogens (tertiary/aromatic N) is 1. The third-order valence-electron chi connectivity index (χ3n) is 6.35. The molecule has 2 amide bonds. The summed E-state index contributed by atoms with van der Waals surface area (Å²) >= 11 is 0. The molecular weight excluding hydrogens is 378 g/mol. The number of aryl methyl sites for hydroxylation is 1. The van der Waals surface area contributed by atoms with Gasteiger partial charge in [0, 0.05) is 39.8 Å². The van der Waals surface area contributed by atoms with Crippen LogP contribution in [0.25, 0.3) is 33.0 Å². The van der Waals surface area contributed by atoms with Gasteiger partial charge in [0.2, 0.25) is 0 Å². The Kier molecular flexibility index (Phi) is 3.55. The molecule has 2 aliphatic rings. The van der Waals surface area contributed by atoms with E-state index >= 15 is 0 Å².